The van der Waals surface area contributed by atoms with Gasteiger partial charge in [0, 0.05) is 6.42 Å². The molecule has 0 saturated heterocycles. The molecule has 24 heavy (non-hydrogen) atoms. The minimum absolute atomic E-state index is 0.125. The standard InChI is InChI=1S/C16H13ClN2O3S2/c17-12-6-7-13(16-15(12)18-10-23-16)19-14(20)8-9-24(21,22)11-4-2-1-3-5-11/h1-7,10H,8-9H2,(H,19,20). The monoisotopic (exact) mass is 380 g/mol. The van der Waals surface area contributed by atoms with Crippen molar-refractivity contribution in [3.8, 4) is 0 Å². The number of carbonyl (C=O) groups excluding carboxylic acids is 1. The third kappa shape index (κ3) is 3.58. The van der Waals surface area contributed by atoms with Gasteiger partial charge in [0.05, 0.1) is 31.6 Å². The highest BCUT2D eigenvalue weighted by molar-refractivity contribution is 7.91. The summed E-state index contributed by atoms with van der Waals surface area (Å²) in [4.78, 5) is 16.5. The molecule has 2 aromatic carbocycles. The number of hydrogen-bond acceptors (Lipinski definition) is 5. The second-order valence-corrected chi connectivity index (χ2v) is 8.43. The van der Waals surface area contributed by atoms with E-state index >= 15 is 0 Å². The number of sulfone groups is 1. The smallest absolute Gasteiger partial charge is 0.225 e. The van der Waals surface area contributed by atoms with E-state index in [0.717, 1.165) is 4.70 Å². The fourth-order valence-electron chi connectivity index (χ4n) is 2.20. The Hall–Kier alpha value is -1.96. The summed E-state index contributed by atoms with van der Waals surface area (Å²) in [6.45, 7) is 0. The predicted molar refractivity (Wildman–Crippen MR) is 96.4 cm³/mol. The molecule has 0 aliphatic heterocycles. The number of nitrogens with zero attached hydrogens (tertiary/aromatic N) is 1. The van der Waals surface area contributed by atoms with Gasteiger partial charge in [-0.3, -0.25) is 4.79 Å². The first kappa shape index (κ1) is 16.9. The summed E-state index contributed by atoms with van der Waals surface area (Å²) < 4.78 is 25.2. The van der Waals surface area contributed by atoms with Gasteiger partial charge in [0.1, 0.15) is 5.52 Å². The van der Waals surface area contributed by atoms with Crippen LogP contribution in [0.25, 0.3) is 10.2 Å². The number of halogens is 1. The Morgan fingerprint density at radius 3 is 2.67 bits per heavy atom. The van der Waals surface area contributed by atoms with Crippen molar-refractivity contribution in [3.63, 3.8) is 0 Å². The Labute approximate surface area is 148 Å². The first-order valence-corrected chi connectivity index (χ1v) is 9.98. The number of carbonyl (C=O) groups is 1. The molecule has 1 amide bonds. The second-order valence-electron chi connectivity index (χ2n) is 5.06. The zero-order valence-electron chi connectivity index (χ0n) is 12.4. The molecule has 3 rings (SSSR count). The number of thiazole rings is 1. The Morgan fingerprint density at radius 2 is 1.92 bits per heavy atom. The molecular weight excluding hydrogens is 368 g/mol. The topological polar surface area (TPSA) is 76.1 Å². The van der Waals surface area contributed by atoms with Crippen molar-refractivity contribution in [2.45, 2.75) is 11.3 Å². The van der Waals surface area contributed by atoms with Crippen molar-refractivity contribution >= 4 is 54.6 Å². The largest absolute Gasteiger partial charge is 0.325 e. The molecule has 0 aliphatic rings. The lowest BCUT2D eigenvalue weighted by molar-refractivity contribution is -0.115. The lowest BCUT2D eigenvalue weighted by Gasteiger charge is -2.07. The van der Waals surface area contributed by atoms with Crippen LogP contribution in [0, 0.1) is 0 Å². The van der Waals surface area contributed by atoms with Crippen molar-refractivity contribution in [1.29, 1.82) is 0 Å². The van der Waals surface area contributed by atoms with Gasteiger partial charge in [0.15, 0.2) is 9.84 Å². The third-order valence-electron chi connectivity index (χ3n) is 3.41. The predicted octanol–water partition coefficient (Wildman–Crippen LogP) is 3.75. The molecule has 8 heteroatoms. The maximum absolute atomic E-state index is 12.2. The SMILES string of the molecule is O=C(CCS(=O)(=O)c1ccccc1)Nc1ccc(Cl)c2ncsc12. The first-order chi connectivity index (χ1) is 11.5. The van der Waals surface area contributed by atoms with Crippen LogP contribution in [0.15, 0.2) is 52.9 Å². The van der Waals surface area contributed by atoms with Crippen LogP contribution < -0.4 is 5.32 Å². The van der Waals surface area contributed by atoms with Crippen LogP contribution in [0.3, 0.4) is 0 Å². The van der Waals surface area contributed by atoms with Crippen LogP contribution in [0.1, 0.15) is 6.42 Å². The minimum Gasteiger partial charge on any atom is -0.325 e. The normalized spacial score (nSPS) is 11.5. The summed E-state index contributed by atoms with van der Waals surface area (Å²) in [7, 11) is -3.48. The first-order valence-electron chi connectivity index (χ1n) is 7.07. The molecular formula is C16H13ClN2O3S2. The van der Waals surface area contributed by atoms with Crippen molar-refractivity contribution < 1.29 is 13.2 Å². The number of anilines is 1. The zero-order valence-corrected chi connectivity index (χ0v) is 14.8. The maximum atomic E-state index is 12.2. The van der Waals surface area contributed by atoms with Gasteiger partial charge >= 0.3 is 0 Å². The van der Waals surface area contributed by atoms with Crippen LogP contribution in [0.5, 0.6) is 0 Å². The molecule has 0 bridgehead atoms. The van der Waals surface area contributed by atoms with E-state index in [0.29, 0.717) is 16.2 Å². The van der Waals surface area contributed by atoms with Crippen LogP contribution in [-0.4, -0.2) is 25.1 Å². The van der Waals surface area contributed by atoms with Crippen LogP contribution in [-0.2, 0) is 14.6 Å². The lowest BCUT2D eigenvalue weighted by Crippen LogP contribution is -2.17. The van der Waals surface area contributed by atoms with Crippen molar-refractivity contribution in [2.75, 3.05) is 11.1 Å². The molecule has 124 valence electrons. The second kappa shape index (κ2) is 6.88. The molecule has 0 saturated carbocycles. The van der Waals surface area contributed by atoms with Gasteiger partial charge in [-0.15, -0.1) is 11.3 Å². The summed E-state index contributed by atoms with van der Waals surface area (Å²) in [5.41, 5.74) is 2.85. The summed E-state index contributed by atoms with van der Waals surface area (Å²) in [5.74, 6) is -0.617. The van der Waals surface area contributed by atoms with Gasteiger partial charge in [-0.1, -0.05) is 29.8 Å². The quantitative estimate of drug-likeness (QED) is 0.731. The average molecular weight is 381 g/mol. The number of rotatable bonds is 5. The Bertz CT molecular complexity index is 985. The van der Waals surface area contributed by atoms with E-state index < -0.39 is 9.84 Å². The van der Waals surface area contributed by atoms with Crippen LogP contribution >= 0.6 is 22.9 Å². The van der Waals surface area contributed by atoms with E-state index in [1.165, 1.54) is 23.5 Å². The highest BCUT2D eigenvalue weighted by Crippen LogP contribution is 2.32. The zero-order chi connectivity index (χ0) is 17.2. The molecule has 0 spiro atoms. The fourth-order valence-corrected chi connectivity index (χ4v) is 4.51. The summed E-state index contributed by atoms with van der Waals surface area (Å²) in [6, 6.07) is 11.4. The molecule has 1 aromatic heterocycles. The van der Waals surface area contributed by atoms with E-state index in [9.17, 15) is 13.2 Å². The molecule has 0 atom stereocenters. The van der Waals surface area contributed by atoms with Gasteiger partial charge in [-0.2, -0.15) is 0 Å². The number of nitrogens with one attached hydrogen (secondary N) is 1. The van der Waals surface area contributed by atoms with Crippen LogP contribution in [0.4, 0.5) is 5.69 Å². The van der Waals surface area contributed by atoms with Crippen molar-refractivity contribution in [1.82, 2.24) is 4.98 Å². The Morgan fingerprint density at radius 1 is 1.17 bits per heavy atom. The molecule has 0 radical (unpaired) electrons. The van der Waals surface area contributed by atoms with Gasteiger partial charge in [0.2, 0.25) is 5.91 Å². The highest BCUT2D eigenvalue weighted by Gasteiger charge is 2.17. The number of fused-ring (bicyclic) bond motifs is 1. The van der Waals surface area contributed by atoms with E-state index in [1.54, 1.807) is 35.8 Å². The van der Waals surface area contributed by atoms with E-state index in [2.05, 4.69) is 10.3 Å². The fraction of sp³-hybridized carbons (Fsp3) is 0.125. The Balaban J connectivity index is 1.70. The highest BCUT2D eigenvalue weighted by atomic mass is 35.5. The number of hydrogen-bond donors (Lipinski definition) is 1. The van der Waals surface area contributed by atoms with Gasteiger partial charge in [-0.25, -0.2) is 13.4 Å². The molecule has 0 fully saturated rings. The van der Waals surface area contributed by atoms with Crippen LogP contribution in [0.2, 0.25) is 5.02 Å². The third-order valence-corrected chi connectivity index (χ3v) is 6.31. The van der Waals surface area contributed by atoms with Crippen molar-refractivity contribution in [3.05, 3.63) is 53.0 Å². The minimum atomic E-state index is -3.48. The summed E-state index contributed by atoms with van der Waals surface area (Å²) in [5, 5.41) is 3.24. The molecule has 5 nitrogen and oxygen atoms in total. The van der Waals surface area contributed by atoms with Gasteiger partial charge in [0.25, 0.3) is 0 Å². The average Bonchev–Trinajstić information content (AvgIpc) is 3.07. The molecule has 1 heterocycles. The molecule has 0 aliphatic carbocycles. The number of benzene rings is 2. The molecule has 3 aromatic rings. The molecule has 0 unspecified atom stereocenters. The number of aromatic nitrogens is 1. The van der Waals surface area contributed by atoms with E-state index in [4.69, 9.17) is 11.6 Å². The van der Waals surface area contributed by atoms with Gasteiger partial charge < -0.3 is 5.32 Å². The Kier molecular flexibility index (Phi) is 4.84. The summed E-state index contributed by atoms with van der Waals surface area (Å²) in [6.07, 6.45) is -0.125. The van der Waals surface area contributed by atoms with Crippen molar-refractivity contribution in [2.24, 2.45) is 0 Å². The van der Waals surface area contributed by atoms with Gasteiger partial charge in [-0.05, 0) is 24.3 Å². The lowest BCUT2D eigenvalue weighted by atomic mass is 10.3. The van der Waals surface area contributed by atoms with E-state index in [1.807, 2.05) is 0 Å². The summed E-state index contributed by atoms with van der Waals surface area (Å²) >= 11 is 7.41. The number of amides is 1. The van der Waals surface area contributed by atoms with E-state index in [-0.39, 0.29) is 23.0 Å². The molecule has 1 N–H and O–H groups in total. The maximum Gasteiger partial charge on any atom is 0.225 e.